The van der Waals surface area contributed by atoms with Gasteiger partial charge in [0.1, 0.15) is 0 Å². The summed E-state index contributed by atoms with van der Waals surface area (Å²) in [6, 6.07) is 0. The summed E-state index contributed by atoms with van der Waals surface area (Å²) in [5.74, 6) is -1.46. The van der Waals surface area contributed by atoms with Crippen LogP contribution in [0.4, 0.5) is 0 Å². The fraction of sp³-hybridized carbons (Fsp3) is 0.846. The molecule has 3 N–H and O–H groups in total. The predicted octanol–water partition coefficient (Wildman–Crippen LogP) is 0.992. The molecular weight excluding hydrogens is 232 g/mol. The van der Waals surface area contributed by atoms with Crippen LogP contribution in [0.25, 0.3) is 0 Å². The van der Waals surface area contributed by atoms with Gasteiger partial charge in [-0.3, -0.25) is 9.59 Å². The van der Waals surface area contributed by atoms with E-state index in [1.54, 1.807) is 0 Å². The quantitative estimate of drug-likeness (QED) is 0.685. The van der Waals surface area contributed by atoms with Gasteiger partial charge in [-0.15, -0.1) is 0 Å². The Morgan fingerprint density at radius 2 is 2.06 bits per heavy atom. The average molecular weight is 256 g/mol. The van der Waals surface area contributed by atoms with Crippen molar-refractivity contribution in [3.8, 4) is 0 Å². The molecule has 1 heterocycles. The van der Waals surface area contributed by atoms with E-state index in [-0.39, 0.29) is 18.4 Å². The van der Waals surface area contributed by atoms with Crippen molar-refractivity contribution >= 4 is 11.9 Å². The van der Waals surface area contributed by atoms with Crippen molar-refractivity contribution in [2.45, 2.75) is 45.6 Å². The lowest BCUT2D eigenvalue weighted by molar-refractivity contribution is -0.143. The summed E-state index contributed by atoms with van der Waals surface area (Å²) in [4.78, 5) is 23.1. The van der Waals surface area contributed by atoms with E-state index in [9.17, 15) is 9.59 Å². The van der Waals surface area contributed by atoms with Gasteiger partial charge in [0.25, 0.3) is 0 Å². The number of aliphatic carboxylic acids is 1. The summed E-state index contributed by atoms with van der Waals surface area (Å²) in [5.41, 5.74) is -0.543. The SMILES string of the molecule is CC(C)C(CNC(=O)C1(C)CCCCN1)C(=O)O. The van der Waals surface area contributed by atoms with E-state index in [1.807, 2.05) is 20.8 Å². The number of carboxylic acids is 1. The van der Waals surface area contributed by atoms with Crippen LogP contribution in [0.3, 0.4) is 0 Å². The summed E-state index contributed by atoms with van der Waals surface area (Å²) < 4.78 is 0. The largest absolute Gasteiger partial charge is 0.481 e. The highest BCUT2D eigenvalue weighted by Crippen LogP contribution is 2.19. The number of rotatable bonds is 5. The van der Waals surface area contributed by atoms with E-state index < -0.39 is 17.4 Å². The third-order valence-corrected chi connectivity index (χ3v) is 3.72. The molecule has 0 saturated carbocycles. The molecule has 2 unspecified atom stereocenters. The molecule has 2 atom stereocenters. The van der Waals surface area contributed by atoms with Crippen LogP contribution in [0.1, 0.15) is 40.0 Å². The lowest BCUT2D eigenvalue weighted by Crippen LogP contribution is -2.57. The molecule has 5 nitrogen and oxygen atoms in total. The van der Waals surface area contributed by atoms with Gasteiger partial charge in [0.05, 0.1) is 11.5 Å². The molecule has 0 bridgehead atoms. The molecule has 0 aromatic heterocycles. The molecule has 0 aliphatic carbocycles. The number of carbonyl (C=O) groups excluding carboxylic acids is 1. The molecule has 18 heavy (non-hydrogen) atoms. The van der Waals surface area contributed by atoms with Gasteiger partial charge in [0, 0.05) is 6.54 Å². The smallest absolute Gasteiger partial charge is 0.308 e. The van der Waals surface area contributed by atoms with Crippen LogP contribution in [0.2, 0.25) is 0 Å². The van der Waals surface area contributed by atoms with Crippen LogP contribution < -0.4 is 10.6 Å². The number of amides is 1. The Hall–Kier alpha value is -1.10. The number of carbonyl (C=O) groups is 2. The number of carboxylic acid groups (broad SMARTS) is 1. The van der Waals surface area contributed by atoms with Crippen LogP contribution >= 0.6 is 0 Å². The van der Waals surface area contributed by atoms with Crippen LogP contribution in [0.15, 0.2) is 0 Å². The first-order chi connectivity index (χ1) is 8.37. The Kier molecular flexibility index (Phi) is 5.14. The normalized spacial score (nSPS) is 25.8. The minimum absolute atomic E-state index is 0.00919. The van der Waals surface area contributed by atoms with Crippen molar-refractivity contribution in [1.29, 1.82) is 0 Å². The second-order valence-corrected chi connectivity index (χ2v) is 5.61. The fourth-order valence-electron chi connectivity index (χ4n) is 2.26. The van der Waals surface area contributed by atoms with E-state index in [0.717, 1.165) is 25.8 Å². The molecule has 1 saturated heterocycles. The van der Waals surface area contributed by atoms with Crippen molar-refractivity contribution in [2.75, 3.05) is 13.1 Å². The monoisotopic (exact) mass is 256 g/mol. The van der Waals surface area contributed by atoms with Gasteiger partial charge in [-0.2, -0.15) is 0 Å². The Morgan fingerprint density at radius 3 is 2.50 bits per heavy atom. The van der Waals surface area contributed by atoms with E-state index in [4.69, 9.17) is 5.11 Å². The Labute approximate surface area is 108 Å². The van der Waals surface area contributed by atoms with Crippen molar-refractivity contribution in [3.05, 3.63) is 0 Å². The first-order valence-corrected chi connectivity index (χ1v) is 6.63. The highest BCUT2D eigenvalue weighted by molar-refractivity contribution is 5.86. The lowest BCUT2D eigenvalue weighted by Gasteiger charge is -2.34. The zero-order chi connectivity index (χ0) is 13.8. The Balaban J connectivity index is 2.51. The Morgan fingerprint density at radius 1 is 1.39 bits per heavy atom. The Bertz CT molecular complexity index is 309. The number of nitrogens with one attached hydrogen (secondary N) is 2. The number of hydrogen-bond acceptors (Lipinski definition) is 3. The van der Waals surface area contributed by atoms with Crippen LogP contribution in [0.5, 0.6) is 0 Å². The first kappa shape index (κ1) is 15.0. The molecule has 1 aliphatic heterocycles. The molecule has 1 aliphatic rings. The van der Waals surface area contributed by atoms with Crippen molar-refractivity contribution < 1.29 is 14.7 Å². The summed E-state index contributed by atoms with van der Waals surface area (Å²) in [5, 5.41) is 15.1. The lowest BCUT2D eigenvalue weighted by atomic mass is 9.89. The zero-order valence-corrected chi connectivity index (χ0v) is 11.5. The molecule has 0 aromatic rings. The van der Waals surface area contributed by atoms with Crippen LogP contribution in [-0.4, -0.2) is 35.6 Å². The highest BCUT2D eigenvalue weighted by atomic mass is 16.4. The molecule has 1 fully saturated rings. The van der Waals surface area contributed by atoms with Crippen LogP contribution in [-0.2, 0) is 9.59 Å². The van der Waals surface area contributed by atoms with Gasteiger partial charge in [0.15, 0.2) is 0 Å². The van der Waals surface area contributed by atoms with Gasteiger partial charge < -0.3 is 15.7 Å². The van der Waals surface area contributed by atoms with Crippen LogP contribution in [0, 0.1) is 11.8 Å². The molecule has 1 rings (SSSR count). The van der Waals surface area contributed by atoms with Gasteiger partial charge >= 0.3 is 5.97 Å². The van der Waals surface area contributed by atoms with Crippen molar-refractivity contribution in [2.24, 2.45) is 11.8 Å². The van der Waals surface area contributed by atoms with Gasteiger partial charge in [-0.05, 0) is 38.6 Å². The molecule has 1 amide bonds. The van der Waals surface area contributed by atoms with Crippen molar-refractivity contribution in [1.82, 2.24) is 10.6 Å². The average Bonchev–Trinajstić information content (AvgIpc) is 2.29. The number of hydrogen-bond donors (Lipinski definition) is 3. The van der Waals surface area contributed by atoms with E-state index >= 15 is 0 Å². The standard InChI is InChI=1S/C13H24N2O3/c1-9(2)10(11(16)17)8-14-12(18)13(3)6-4-5-7-15-13/h9-10,15H,4-8H2,1-3H3,(H,14,18)(H,16,17). The molecular formula is C13H24N2O3. The van der Waals surface area contributed by atoms with Gasteiger partial charge in [-0.25, -0.2) is 0 Å². The number of piperidine rings is 1. The fourth-order valence-corrected chi connectivity index (χ4v) is 2.26. The molecule has 104 valence electrons. The summed E-state index contributed by atoms with van der Waals surface area (Å²) in [6.45, 7) is 6.63. The maximum Gasteiger partial charge on any atom is 0.308 e. The topological polar surface area (TPSA) is 78.4 Å². The second-order valence-electron chi connectivity index (χ2n) is 5.61. The third-order valence-electron chi connectivity index (χ3n) is 3.72. The van der Waals surface area contributed by atoms with Gasteiger partial charge in [-0.1, -0.05) is 13.8 Å². The van der Waals surface area contributed by atoms with E-state index in [1.165, 1.54) is 0 Å². The second kappa shape index (κ2) is 6.18. The van der Waals surface area contributed by atoms with E-state index in [0.29, 0.717) is 0 Å². The third kappa shape index (κ3) is 3.70. The minimum Gasteiger partial charge on any atom is -0.481 e. The molecule has 0 spiro atoms. The van der Waals surface area contributed by atoms with Crippen molar-refractivity contribution in [3.63, 3.8) is 0 Å². The maximum absolute atomic E-state index is 12.1. The molecule has 0 radical (unpaired) electrons. The van der Waals surface area contributed by atoms with E-state index in [2.05, 4.69) is 10.6 Å². The maximum atomic E-state index is 12.1. The highest BCUT2D eigenvalue weighted by Gasteiger charge is 2.34. The molecule has 0 aromatic carbocycles. The van der Waals surface area contributed by atoms with Gasteiger partial charge in [0.2, 0.25) is 5.91 Å². The zero-order valence-electron chi connectivity index (χ0n) is 11.5. The summed E-state index contributed by atoms with van der Waals surface area (Å²) in [7, 11) is 0. The summed E-state index contributed by atoms with van der Waals surface area (Å²) >= 11 is 0. The predicted molar refractivity (Wildman–Crippen MR) is 69.2 cm³/mol. The summed E-state index contributed by atoms with van der Waals surface area (Å²) in [6.07, 6.45) is 2.92. The molecule has 5 heteroatoms. The minimum atomic E-state index is -0.855. The first-order valence-electron chi connectivity index (χ1n) is 6.63.